The summed E-state index contributed by atoms with van der Waals surface area (Å²) in [4.78, 5) is 10.3. The molecular formula is C11H8F3N3O3. The second kappa shape index (κ2) is 5.19. The van der Waals surface area contributed by atoms with Crippen molar-refractivity contribution in [2.24, 2.45) is 0 Å². The van der Waals surface area contributed by atoms with Crippen molar-refractivity contribution in [1.82, 2.24) is 15.5 Å². The maximum Gasteiger partial charge on any atom is 0.470 e. The molecule has 1 aromatic carbocycles. The van der Waals surface area contributed by atoms with Crippen LogP contribution in [0.2, 0.25) is 0 Å². The lowest BCUT2D eigenvalue weighted by molar-refractivity contribution is -0.156. The highest BCUT2D eigenvalue weighted by atomic mass is 19.4. The normalized spacial score (nSPS) is 11.3. The Hall–Kier alpha value is -2.58. The van der Waals surface area contributed by atoms with Gasteiger partial charge in [0.2, 0.25) is 5.89 Å². The van der Waals surface area contributed by atoms with Crippen molar-refractivity contribution in [3.8, 4) is 11.5 Å². The maximum atomic E-state index is 12.3. The van der Waals surface area contributed by atoms with E-state index in [-0.39, 0.29) is 12.4 Å². The SMILES string of the molecule is O=C(O)NCc1ccc(-c2nnc(C(F)(F)F)o2)cc1. The Bertz CT molecular complexity index is 607. The van der Waals surface area contributed by atoms with Crippen molar-refractivity contribution in [1.29, 1.82) is 0 Å². The van der Waals surface area contributed by atoms with Crippen LogP contribution >= 0.6 is 0 Å². The van der Waals surface area contributed by atoms with Crippen LogP contribution in [0.1, 0.15) is 11.5 Å². The van der Waals surface area contributed by atoms with Gasteiger partial charge in [0.15, 0.2) is 0 Å². The molecule has 1 heterocycles. The summed E-state index contributed by atoms with van der Waals surface area (Å²) in [6.07, 6.45) is -5.85. The van der Waals surface area contributed by atoms with Gasteiger partial charge in [-0.15, -0.1) is 10.2 Å². The summed E-state index contributed by atoms with van der Waals surface area (Å²) in [5, 5.41) is 16.8. The Labute approximate surface area is 110 Å². The van der Waals surface area contributed by atoms with Gasteiger partial charge in [-0.2, -0.15) is 13.2 Å². The number of alkyl halides is 3. The van der Waals surface area contributed by atoms with E-state index in [1.54, 1.807) is 12.1 Å². The van der Waals surface area contributed by atoms with Crippen LogP contribution in [-0.4, -0.2) is 21.4 Å². The minimum Gasteiger partial charge on any atom is -0.465 e. The first-order valence-corrected chi connectivity index (χ1v) is 5.33. The first-order chi connectivity index (χ1) is 9.36. The van der Waals surface area contributed by atoms with Crippen LogP contribution in [0.5, 0.6) is 0 Å². The summed E-state index contributed by atoms with van der Waals surface area (Å²) < 4.78 is 41.4. The maximum absolute atomic E-state index is 12.3. The molecular weight excluding hydrogens is 279 g/mol. The highest BCUT2D eigenvalue weighted by Gasteiger charge is 2.38. The van der Waals surface area contributed by atoms with Crippen LogP contribution in [0.25, 0.3) is 11.5 Å². The van der Waals surface area contributed by atoms with Gasteiger partial charge in [0.1, 0.15) is 0 Å². The quantitative estimate of drug-likeness (QED) is 0.905. The number of nitrogens with zero attached hydrogens (tertiary/aromatic N) is 2. The van der Waals surface area contributed by atoms with Gasteiger partial charge in [-0.3, -0.25) is 0 Å². The number of amides is 1. The summed E-state index contributed by atoms with van der Waals surface area (Å²) in [5.41, 5.74) is 0.957. The fourth-order valence-corrected chi connectivity index (χ4v) is 1.40. The molecule has 0 aliphatic carbocycles. The Kier molecular flexibility index (Phi) is 3.59. The molecule has 2 N–H and O–H groups in total. The van der Waals surface area contributed by atoms with Crippen molar-refractivity contribution in [3.63, 3.8) is 0 Å². The average molecular weight is 287 g/mol. The van der Waals surface area contributed by atoms with Gasteiger partial charge in [-0.05, 0) is 17.7 Å². The van der Waals surface area contributed by atoms with Gasteiger partial charge in [-0.1, -0.05) is 12.1 Å². The molecule has 0 unspecified atom stereocenters. The molecule has 6 nitrogen and oxygen atoms in total. The summed E-state index contributed by atoms with van der Waals surface area (Å²) in [7, 11) is 0. The Morgan fingerprint density at radius 3 is 2.40 bits per heavy atom. The Morgan fingerprint density at radius 1 is 1.25 bits per heavy atom. The fraction of sp³-hybridized carbons (Fsp3) is 0.182. The summed E-state index contributed by atoms with van der Waals surface area (Å²) in [6.45, 7) is 0.0905. The zero-order chi connectivity index (χ0) is 14.8. The largest absolute Gasteiger partial charge is 0.470 e. The highest BCUT2D eigenvalue weighted by Crippen LogP contribution is 2.30. The molecule has 0 radical (unpaired) electrons. The molecule has 1 aromatic heterocycles. The van der Waals surface area contributed by atoms with Gasteiger partial charge in [0, 0.05) is 12.1 Å². The van der Waals surface area contributed by atoms with E-state index in [0.29, 0.717) is 11.1 Å². The number of carboxylic acid groups (broad SMARTS) is 1. The second-order valence-corrected chi connectivity index (χ2v) is 3.77. The first kappa shape index (κ1) is 13.8. The van der Waals surface area contributed by atoms with E-state index in [1.165, 1.54) is 12.1 Å². The fourth-order valence-electron chi connectivity index (χ4n) is 1.40. The Balaban J connectivity index is 2.14. The molecule has 9 heteroatoms. The van der Waals surface area contributed by atoms with Crippen molar-refractivity contribution >= 4 is 6.09 Å². The lowest BCUT2D eigenvalue weighted by Gasteiger charge is -2.02. The number of rotatable bonds is 3. The van der Waals surface area contributed by atoms with E-state index in [4.69, 9.17) is 5.11 Å². The molecule has 0 saturated carbocycles. The molecule has 0 fully saturated rings. The molecule has 2 aromatic rings. The average Bonchev–Trinajstić information content (AvgIpc) is 2.86. The third-order valence-corrected chi connectivity index (χ3v) is 2.31. The number of hydrogen-bond acceptors (Lipinski definition) is 4. The molecule has 0 aliphatic rings. The predicted octanol–water partition coefficient (Wildman–Crippen LogP) is 2.52. The van der Waals surface area contributed by atoms with Gasteiger partial charge >= 0.3 is 18.2 Å². The molecule has 2 rings (SSSR count). The summed E-state index contributed by atoms with van der Waals surface area (Å²) >= 11 is 0. The molecule has 0 bridgehead atoms. The van der Waals surface area contributed by atoms with Crippen LogP contribution in [0.4, 0.5) is 18.0 Å². The topological polar surface area (TPSA) is 88.2 Å². The molecule has 20 heavy (non-hydrogen) atoms. The lowest BCUT2D eigenvalue weighted by atomic mass is 10.1. The lowest BCUT2D eigenvalue weighted by Crippen LogP contribution is -2.19. The monoisotopic (exact) mass is 287 g/mol. The second-order valence-electron chi connectivity index (χ2n) is 3.77. The van der Waals surface area contributed by atoms with Gasteiger partial charge in [0.05, 0.1) is 0 Å². The van der Waals surface area contributed by atoms with E-state index in [9.17, 15) is 18.0 Å². The van der Waals surface area contributed by atoms with Gasteiger partial charge < -0.3 is 14.8 Å². The molecule has 0 atom stereocenters. The van der Waals surface area contributed by atoms with Crippen molar-refractivity contribution in [2.45, 2.75) is 12.7 Å². The van der Waals surface area contributed by atoms with Crippen LogP contribution in [0, 0.1) is 0 Å². The van der Waals surface area contributed by atoms with Crippen LogP contribution in [0.3, 0.4) is 0 Å². The van der Waals surface area contributed by atoms with Gasteiger partial charge in [-0.25, -0.2) is 4.79 Å². The van der Waals surface area contributed by atoms with E-state index in [0.717, 1.165) is 0 Å². The standard InChI is InChI=1S/C11H8F3N3O3/c12-11(13,14)9-17-16-8(20-9)7-3-1-6(2-4-7)5-15-10(18)19/h1-4,15H,5H2,(H,18,19). The minimum atomic E-state index is -4.68. The summed E-state index contributed by atoms with van der Waals surface area (Å²) in [6, 6.07) is 6.02. The number of benzene rings is 1. The van der Waals surface area contributed by atoms with Gasteiger partial charge in [0.25, 0.3) is 0 Å². The zero-order valence-corrected chi connectivity index (χ0v) is 9.81. The molecule has 1 amide bonds. The van der Waals surface area contributed by atoms with Crippen molar-refractivity contribution in [2.75, 3.05) is 0 Å². The number of halogens is 3. The molecule has 106 valence electrons. The summed E-state index contributed by atoms with van der Waals surface area (Å²) in [5.74, 6) is -1.67. The van der Waals surface area contributed by atoms with Crippen LogP contribution in [0.15, 0.2) is 28.7 Å². The zero-order valence-electron chi connectivity index (χ0n) is 9.81. The van der Waals surface area contributed by atoms with Crippen LogP contribution in [-0.2, 0) is 12.7 Å². The highest BCUT2D eigenvalue weighted by molar-refractivity contribution is 5.64. The molecule has 0 spiro atoms. The molecule has 0 aliphatic heterocycles. The minimum absolute atomic E-state index is 0.0905. The number of carbonyl (C=O) groups is 1. The number of hydrogen-bond donors (Lipinski definition) is 2. The van der Waals surface area contributed by atoms with E-state index < -0.39 is 18.2 Å². The van der Waals surface area contributed by atoms with E-state index >= 15 is 0 Å². The predicted molar refractivity (Wildman–Crippen MR) is 59.6 cm³/mol. The van der Waals surface area contributed by atoms with Crippen molar-refractivity contribution in [3.05, 3.63) is 35.7 Å². The third kappa shape index (κ3) is 3.25. The third-order valence-electron chi connectivity index (χ3n) is 2.31. The smallest absolute Gasteiger partial charge is 0.465 e. The van der Waals surface area contributed by atoms with Crippen LogP contribution < -0.4 is 5.32 Å². The van der Waals surface area contributed by atoms with Crippen molar-refractivity contribution < 1.29 is 27.5 Å². The van der Waals surface area contributed by atoms with E-state index in [2.05, 4.69) is 19.9 Å². The Morgan fingerprint density at radius 2 is 1.90 bits per heavy atom. The number of nitrogens with one attached hydrogen (secondary N) is 1. The first-order valence-electron chi connectivity index (χ1n) is 5.33. The number of aromatic nitrogens is 2. The molecule has 0 saturated heterocycles. The van der Waals surface area contributed by atoms with E-state index in [1.807, 2.05) is 0 Å².